The Kier molecular flexibility index (Phi) is 4.81. The fourth-order valence-corrected chi connectivity index (χ4v) is 3.80. The van der Waals surface area contributed by atoms with Crippen molar-refractivity contribution < 1.29 is 4.79 Å². The third-order valence-electron chi connectivity index (χ3n) is 5.37. The second-order valence-corrected chi connectivity index (χ2v) is 7.31. The lowest BCUT2D eigenvalue weighted by Gasteiger charge is -2.31. The maximum absolute atomic E-state index is 12.7. The van der Waals surface area contributed by atoms with Crippen molar-refractivity contribution in [2.24, 2.45) is 7.05 Å². The Morgan fingerprint density at radius 1 is 1.18 bits per heavy atom. The van der Waals surface area contributed by atoms with Gasteiger partial charge in [-0.1, -0.05) is 29.8 Å². The molecular formula is C21H23N5O2. The number of nitrogens with one attached hydrogen (secondary N) is 1. The predicted molar refractivity (Wildman–Crippen MR) is 106 cm³/mol. The summed E-state index contributed by atoms with van der Waals surface area (Å²) in [4.78, 5) is 26.0. The molecule has 0 aliphatic carbocycles. The van der Waals surface area contributed by atoms with E-state index in [0.717, 1.165) is 29.7 Å². The van der Waals surface area contributed by atoms with Crippen molar-refractivity contribution in [1.82, 2.24) is 24.9 Å². The van der Waals surface area contributed by atoms with Crippen LogP contribution in [0.3, 0.4) is 0 Å². The van der Waals surface area contributed by atoms with Crippen LogP contribution in [0.15, 0.2) is 47.4 Å². The summed E-state index contributed by atoms with van der Waals surface area (Å²) in [6.07, 6.45) is 3.60. The summed E-state index contributed by atoms with van der Waals surface area (Å²) in [6.45, 7) is 3.39. The van der Waals surface area contributed by atoms with E-state index in [1.807, 2.05) is 11.1 Å². The van der Waals surface area contributed by atoms with Crippen molar-refractivity contribution in [3.05, 3.63) is 69.9 Å². The van der Waals surface area contributed by atoms with Crippen molar-refractivity contribution in [2.75, 3.05) is 13.1 Å². The number of hydrogen-bond acceptors (Lipinski definition) is 4. The van der Waals surface area contributed by atoms with Gasteiger partial charge in [0.2, 0.25) is 0 Å². The van der Waals surface area contributed by atoms with Gasteiger partial charge in [0.25, 0.3) is 11.5 Å². The normalized spacial score (nSPS) is 15.0. The summed E-state index contributed by atoms with van der Waals surface area (Å²) in [6, 6.07) is 11.3. The van der Waals surface area contributed by atoms with Gasteiger partial charge < -0.3 is 4.90 Å². The largest absolute Gasteiger partial charge is 0.337 e. The van der Waals surface area contributed by atoms with E-state index in [9.17, 15) is 9.59 Å². The fraction of sp³-hybridized carbons (Fsp3) is 0.333. The van der Waals surface area contributed by atoms with Crippen LogP contribution in [0.1, 0.15) is 40.5 Å². The van der Waals surface area contributed by atoms with E-state index in [4.69, 9.17) is 0 Å². The Morgan fingerprint density at radius 2 is 1.96 bits per heavy atom. The first kappa shape index (κ1) is 18.2. The zero-order valence-corrected chi connectivity index (χ0v) is 16.1. The lowest BCUT2D eigenvalue weighted by Crippen LogP contribution is -2.39. The summed E-state index contributed by atoms with van der Waals surface area (Å²) in [7, 11) is 1.55. The molecule has 7 heteroatoms. The number of aromatic amines is 1. The summed E-state index contributed by atoms with van der Waals surface area (Å²) in [5.41, 5.74) is 4.73. The monoisotopic (exact) mass is 377 g/mol. The lowest BCUT2D eigenvalue weighted by atomic mass is 9.89. The van der Waals surface area contributed by atoms with E-state index in [1.165, 1.54) is 22.4 Å². The Bertz CT molecular complexity index is 1060. The number of carbonyl (C=O) groups excluding carboxylic acids is 1. The number of hydrogen-bond donors (Lipinski definition) is 1. The maximum atomic E-state index is 12.7. The van der Waals surface area contributed by atoms with Gasteiger partial charge in [-0.3, -0.25) is 14.7 Å². The van der Waals surface area contributed by atoms with Crippen molar-refractivity contribution in [1.29, 1.82) is 0 Å². The molecule has 3 aromatic rings. The van der Waals surface area contributed by atoms with Crippen LogP contribution < -0.4 is 5.56 Å². The Balaban J connectivity index is 1.48. The van der Waals surface area contributed by atoms with Gasteiger partial charge in [0.1, 0.15) is 5.69 Å². The van der Waals surface area contributed by atoms with Gasteiger partial charge in [-0.25, -0.2) is 4.68 Å². The summed E-state index contributed by atoms with van der Waals surface area (Å²) >= 11 is 0. The topological polar surface area (TPSA) is 83.9 Å². The third kappa shape index (κ3) is 3.47. The van der Waals surface area contributed by atoms with Crippen molar-refractivity contribution in [2.45, 2.75) is 25.7 Å². The highest BCUT2D eigenvalue weighted by Crippen LogP contribution is 2.34. The number of aromatic nitrogens is 4. The number of rotatable bonds is 3. The highest BCUT2D eigenvalue weighted by Gasteiger charge is 2.28. The number of likely N-dealkylation sites (tertiary alicyclic amines) is 1. The van der Waals surface area contributed by atoms with Crippen molar-refractivity contribution in [3.8, 4) is 11.1 Å². The van der Waals surface area contributed by atoms with Crippen LogP contribution in [0.2, 0.25) is 0 Å². The number of carbonyl (C=O) groups is 1. The van der Waals surface area contributed by atoms with Gasteiger partial charge in [0.15, 0.2) is 0 Å². The van der Waals surface area contributed by atoms with Crippen molar-refractivity contribution in [3.63, 3.8) is 0 Å². The molecule has 0 atom stereocenters. The van der Waals surface area contributed by atoms with Gasteiger partial charge in [0, 0.05) is 43.4 Å². The van der Waals surface area contributed by atoms with Crippen LogP contribution in [-0.2, 0) is 7.05 Å². The lowest BCUT2D eigenvalue weighted by molar-refractivity contribution is 0.0703. The van der Waals surface area contributed by atoms with Crippen LogP contribution in [0.4, 0.5) is 0 Å². The molecule has 7 nitrogen and oxygen atoms in total. The van der Waals surface area contributed by atoms with E-state index in [0.29, 0.717) is 24.7 Å². The molecule has 0 radical (unpaired) electrons. The predicted octanol–water partition coefficient (Wildman–Crippen LogP) is 2.50. The number of H-pyrrole nitrogens is 1. The summed E-state index contributed by atoms with van der Waals surface area (Å²) in [5.74, 6) is 0.202. The minimum Gasteiger partial charge on any atom is -0.337 e. The van der Waals surface area contributed by atoms with Crippen LogP contribution in [0.25, 0.3) is 11.1 Å². The minimum atomic E-state index is -0.224. The smallest absolute Gasteiger partial charge is 0.274 e. The second-order valence-electron chi connectivity index (χ2n) is 7.31. The number of nitrogens with zero attached hydrogens (tertiary/aromatic N) is 4. The first-order valence-corrected chi connectivity index (χ1v) is 9.47. The minimum absolute atomic E-state index is 0.127. The molecule has 1 aliphatic rings. The molecule has 0 spiro atoms. The fourth-order valence-electron chi connectivity index (χ4n) is 3.80. The van der Waals surface area contributed by atoms with E-state index in [1.54, 1.807) is 7.05 Å². The molecule has 144 valence electrons. The van der Waals surface area contributed by atoms with Crippen LogP contribution >= 0.6 is 0 Å². The number of amides is 1. The van der Waals surface area contributed by atoms with Gasteiger partial charge in [0.05, 0.1) is 6.20 Å². The first-order chi connectivity index (χ1) is 13.5. The number of piperidine rings is 1. The molecule has 0 saturated carbocycles. The van der Waals surface area contributed by atoms with Gasteiger partial charge in [-0.05, 0) is 31.4 Å². The first-order valence-electron chi connectivity index (χ1n) is 9.47. The number of benzene rings is 1. The van der Waals surface area contributed by atoms with E-state index < -0.39 is 0 Å². The summed E-state index contributed by atoms with van der Waals surface area (Å²) < 4.78 is 1.19. The Labute approximate surface area is 163 Å². The molecular weight excluding hydrogens is 354 g/mol. The Hall–Kier alpha value is -3.22. The third-order valence-corrected chi connectivity index (χ3v) is 5.37. The molecule has 0 bridgehead atoms. The standard InChI is InChI=1S/C21H23N5O2/c1-14-4-3-5-16(12-14)17-13-22-23-20(17)15-8-10-26(11-9-15)21(28)18-6-7-19(27)25(2)24-18/h3-7,12-13,15H,8-11H2,1-2H3,(H,22,23). The quantitative estimate of drug-likeness (QED) is 0.760. The van der Waals surface area contributed by atoms with Crippen molar-refractivity contribution >= 4 is 5.91 Å². The molecule has 1 N–H and O–H groups in total. The van der Waals surface area contributed by atoms with E-state index in [-0.39, 0.29) is 11.5 Å². The molecule has 2 aromatic heterocycles. The molecule has 4 rings (SSSR count). The molecule has 0 unspecified atom stereocenters. The zero-order chi connectivity index (χ0) is 19.7. The highest BCUT2D eigenvalue weighted by molar-refractivity contribution is 5.92. The average Bonchev–Trinajstić information content (AvgIpc) is 3.19. The molecule has 1 amide bonds. The van der Waals surface area contributed by atoms with Gasteiger partial charge in [-0.15, -0.1) is 0 Å². The second kappa shape index (κ2) is 7.42. The summed E-state index contributed by atoms with van der Waals surface area (Å²) in [5, 5.41) is 11.5. The van der Waals surface area contributed by atoms with Crippen LogP contribution in [0.5, 0.6) is 0 Å². The Morgan fingerprint density at radius 3 is 2.68 bits per heavy atom. The molecule has 1 aromatic carbocycles. The van der Waals surface area contributed by atoms with Gasteiger partial charge in [-0.2, -0.15) is 10.2 Å². The number of aryl methyl sites for hydroxylation is 2. The van der Waals surface area contributed by atoms with Crippen LogP contribution in [0, 0.1) is 6.92 Å². The average molecular weight is 377 g/mol. The highest BCUT2D eigenvalue weighted by atomic mass is 16.2. The van der Waals surface area contributed by atoms with E-state index in [2.05, 4.69) is 46.5 Å². The van der Waals surface area contributed by atoms with Gasteiger partial charge >= 0.3 is 0 Å². The molecule has 1 fully saturated rings. The zero-order valence-electron chi connectivity index (χ0n) is 16.1. The molecule has 28 heavy (non-hydrogen) atoms. The SMILES string of the molecule is Cc1cccc(-c2cn[nH]c2C2CCN(C(=O)c3ccc(=O)n(C)n3)CC2)c1. The molecule has 3 heterocycles. The van der Waals surface area contributed by atoms with Crippen LogP contribution in [-0.4, -0.2) is 43.9 Å². The molecule has 1 saturated heterocycles. The maximum Gasteiger partial charge on any atom is 0.274 e. The molecule has 1 aliphatic heterocycles. The van der Waals surface area contributed by atoms with E-state index >= 15 is 0 Å².